The Bertz CT molecular complexity index is 1180. The fourth-order valence-corrected chi connectivity index (χ4v) is 3.42. The van der Waals surface area contributed by atoms with Gasteiger partial charge in [-0.25, -0.2) is 4.79 Å². The molecule has 3 heterocycles. The Balaban J connectivity index is 1.97. The smallest absolute Gasteiger partial charge is 0.332 e. The summed E-state index contributed by atoms with van der Waals surface area (Å²) in [6.07, 6.45) is 0. The molecule has 1 aromatic carbocycles. The summed E-state index contributed by atoms with van der Waals surface area (Å²) in [6.45, 7) is 0.235. The summed E-state index contributed by atoms with van der Waals surface area (Å²) in [7, 11) is 1.45. The van der Waals surface area contributed by atoms with Crippen LogP contribution >= 0.6 is 11.6 Å². The summed E-state index contributed by atoms with van der Waals surface area (Å²) in [5.41, 5.74) is -0.243. The van der Waals surface area contributed by atoms with E-state index in [2.05, 4.69) is 4.98 Å². The minimum atomic E-state index is -1.51. The largest absolute Gasteiger partial charge is 0.548 e. The standard InChI is InChI=1S/C16H14ClN5O4/c1-19-13-12(14(25)22(16(19)26)8-11(23)24)21-6-5-20(15(21)18-13)10-4-2-3-9(17)7-10/h2-4,7H,5-6,8H2,1H3,(H,23,24)/p-1. The zero-order valence-corrected chi connectivity index (χ0v) is 14.4. The maximum Gasteiger partial charge on any atom is 0.332 e. The van der Waals surface area contributed by atoms with Gasteiger partial charge < -0.3 is 19.4 Å². The number of aromatic nitrogens is 4. The third-order valence-electron chi connectivity index (χ3n) is 4.41. The summed E-state index contributed by atoms with van der Waals surface area (Å²) in [6, 6.07) is 7.22. The maximum atomic E-state index is 12.7. The molecule has 0 bridgehead atoms. The average molecular weight is 375 g/mol. The van der Waals surface area contributed by atoms with Gasteiger partial charge in [-0.15, -0.1) is 0 Å². The molecule has 0 fully saturated rings. The first-order valence-corrected chi connectivity index (χ1v) is 8.19. The van der Waals surface area contributed by atoms with Crippen LogP contribution in [0.1, 0.15) is 0 Å². The fraction of sp³-hybridized carbons (Fsp3) is 0.250. The second-order valence-electron chi connectivity index (χ2n) is 5.97. The first-order chi connectivity index (χ1) is 12.4. The normalized spacial score (nSPS) is 13.4. The molecule has 10 heteroatoms. The van der Waals surface area contributed by atoms with Gasteiger partial charge in [0.15, 0.2) is 11.2 Å². The van der Waals surface area contributed by atoms with Crippen molar-refractivity contribution in [2.45, 2.75) is 13.1 Å². The van der Waals surface area contributed by atoms with E-state index in [-0.39, 0.29) is 11.2 Å². The van der Waals surface area contributed by atoms with Crippen molar-refractivity contribution in [2.24, 2.45) is 7.05 Å². The van der Waals surface area contributed by atoms with Gasteiger partial charge in [-0.05, 0) is 18.2 Å². The van der Waals surface area contributed by atoms with Crippen molar-refractivity contribution in [3.8, 4) is 0 Å². The molecule has 2 aromatic heterocycles. The van der Waals surface area contributed by atoms with Crippen LogP contribution in [0.5, 0.6) is 0 Å². The number of hydrogen-bond acceptors (Lipinski definition) is 6. The van der Waals surface area contributed by atoms with Gasteiger partial charge in [0.25, 0.3) is 5.56 Å². The highest BCUT2D eigenvalue weighted by molar-refractivity contribution is 6.30. The fourth-order valence-electron chi connectivity index (χ4n) is 3.24. The number of aliphatic carboxylic acids is 1. The van der Waals surface area contributed by atoms with E-state index in [4.69, 9.17) is 11.6 Å². The molecule has 0 N–H and O–H groups in total. The minimum absolute atomic E-state index is 0.188. The van der Waals surface area contributed by atoms with Crippen LogP contribution in [-0.4, -0.2) is 31.2 Å². The molecule has 3 aromatic rings. The van der Waals surface area contributed by atoms with E-state index in [0.717, 1.165) is 5.69 Å². The second-order valence-corrected chi connectivity index (χ2v) is 6.41. The van der Waals surface area contributed by atoms with Gasteiger partial charge in [-0.3, -0.25) is 13.9 Å². The Morgan fingerprint density at radius 2 is 2.08 bits per heavy atom. The third-order valence-corrected chi connectivity index (χ3v) is 4.64. The van der Waals surface area contributed by atoms with Gasteiger partial charge in [0.05, 0.1) is 12.5 Å². The number of imidazole rings is 1. The number of carboxylic acid groups (broad SMARTS) is 1. The van der Waals surface area contributed by atoms with E-state index in [1.807, 2.05) is 17.0 Å². The lowest BCUT2D eigenvalue weighted by molar-refractivity contribution is -0.306. The quantitative estimate of drug-likeness (QED) is 0.609. The molecule has 1 aliphatic rings. The summed E-state index contributed by atoms with van der Waals surface area (Å²) in [4.78, 5) is 42.3. The zero-order chi connectivity index (χ0) is 18.6. The number of carboxylic acids is 1. The first kappa shape index (κ1) is 16.4. The molecule has 1 aliphatic heterocycles. The lowest BCUT2D eigenvalue weighted by Gasteiger charge is -2.16. The van der Waals surface area contributed by atoms with Gasteiger partial charge in [0.1, 0.15) is 0 Å². The van der Waals surface area contributed by atoms with E-state index in [1.165, 1.54) is 11.6 Å². The number of carbonyl (C=O) groups is 1. The molecular weight excluding hydrogens is 362 g/mol. The van der Waals surface area contributed by atoms with Gasteiger partial charge in [0, 0.05) is 30.8 Å². The molecule has 0 saturated heterocycles. The Morgan fingerprint density at radius 1 is 1.31 bits per heavy atom. The Morgan fingerprint density at radius 3 is 2.77 bits per heavy atom. The number of aryl methyl sites for hydroxylation is 1. The SMILES string of the molecule is Cn1c(=O)n(CC(=O)[O-])c(=O)c2c1nc1n2CCN1c1cccc(Cl)c1. The van der Waals surface area contributed by atoms with E-state index in [0.29, 0.717) is 28.6 Å². The molecule has 26 heavy (non-hydrogen) atoms. The molecule has 9 nitrogen and oxygen atoms in total. The zero-order valence-electron chi connectivity index (χ0n) is 13.7. The highest BCUT2D eigenvalue weighted by Gasteiger charge is 2.28. The lowest BCUT2D eigenvalue weighted by atomic mass is 10.3. The van der Waals surface area contributed by atoms with Crippen molar-refractivity contribution in [3.05, 3.63) is 50.1 Å². The molecule has 0 amide bonds. The van der Waals surface area contributed by atoms with Gasteiger partial charge in [-0.1, -0.05) is 17.7 Å². The monoisotopic (exact) mass is 374 g/mol. The van der Waals surface area contributed by atoms with E-state index in [9.17, 15) is 19.5 Å². The highest BCUT2D eigenvalue weighted by atomic mass is 35.5. The minimum Gasteiger partial charge on any atom is -0.548 e. The molecule has 0 aliphatic carbocycles. The Labute approximate surface area is 151 Å². The van der Waals surface area contributed by atoms with Crippen molar-refractivity contribution in [2.75, 3.05) is 11.4 Å². The van der Waals surface area contributed by atoms with Crippen molar-refractivity contribution in [1.82, 2.24) is 18.7 Å². The third kappa shape index (κ3) is 2.31. The van der Waals surface area contributed by atoms with Crippen molar-refractivity contribution in [3.63, 3.8) is 0 Å². The van der Waals surface area contributed by atoms with Crippen LogP contribution in [0.25, 0.3) is 11.2 Å². The topological polar surface area (TPSA) is 105 Å². The molecule has 0 spiro atoms. The van der Waals surface area contributed by atoms with Gasteiger partial charge in [-0.2, -0.15) is 4.98 Å². The van der Waals surface area contributed by atoms with Crippen molar-refractivity contribution >= 4 is 40.4 Å². The van der Waals surface area contributed by atoms with Crippen LogP contribution in [0.3, 0.4) is 0 Å². The van der Waals surface area contributed by atoms with E-state index < -0.39 is 23.8 Å². The average Bonchev–Trinajstić information content (AvgIpc) is 3.15. The summed E-state index contributed by atoms with van der Waals surface area (Å²) >= 11 is 6.06. The predicted octanol–water partition coefficient (Wildman–Crippen LogP) is -0.548. The number of rotatable bonds is 3. The van der Waals surface area contributed by atoms with Gasteiger partial charge >= 0.3 is 5.69 Å². The van der Waals surface area contributed by atoms with E-state index in [1.54, 1.807) is 16.7 Å². The number of benzene rings is 1. The van der Waals surface area contributed by atoms with Crippen molar-refractivity contribution < 1.29 is 9.90 Å². The summed E-state index contributed by atoms with van der Waals surface area (Å²) in [5.74, 6) is -1.01. The molecule has 0 atom stereocenters. The Hall–Kier alpha value is -3.07. The van der Waals surface area contributed by atoms with Crippen molar-refractivity contribution in [1.29, 1.82) is 0 Å². The number of halogens is 1. The maximum absolute atomic E-state index is 12.7. The highest BCUT2D eigenvalue weighted by Crippen LogP contribution is 2.32. The number of nitrogens with zero attached hydrogens (tertiary/aromatic N) is 5. The lowest BCUT2D eigenvalue weighted by Crippen LogP contribution is -2.44. The van der Waals surface area contributed by atoms with Crippen LogP contribution in [-0.2, 0) is 24.9 Å². The molecule has 0 radical (unpaired) electrons. The van der Waals surface area contributed by atoms with E-state index >= 15 is 0 Å². The number of hydrogen-bond donors (Lipinski definition) is 0. The molecular formula is C16H13ClN5O4-. The number of carbonyl (C=O) groups excluding carboxylic acids is 1. The summed E-state index contributed by atoms with van der Waals surface area (Å²) in [5, 5.41) is 11.5. The van der Waals surface area contributed by atoms with Crippen LogP contribution in [0.15, 0.2) is 33.9 Å². The van der Waals surface area contributed by atoms with Crippen LogP contribution < -0.4 is 21.3 Å². The number of fused-ring (bicyclic) bond motifs is 3. The van der Waals surface area contributed by atoms with Crippen LogP contribution in [0.2, 0.25) is 5.02 Å². The van der Waals surface area contributed by atoms with Crippen LogP contribution in [0.4, 0.5) is 11.6 Å². The number of anilines is 2. The molecule has 0 unspecified atom stereocenters. The van der Waals surface area contributed by atoms with Gasteiger partial charge in [0.2, 0.25) is 5.95 Å². The summed E-state index contributed by atoms with van der Waals surface area (Å²) < 4.78 is 3.50. The molecule has 134 valence electrons. The second kappa shape index (κ2) is 5.73. The predicted molar refractivity (Wildman–Crippen MR) is 92.7 cm³/mol. The first-order valence-electron chi connectivity index (χ1n) is 7.81. The molecule has 4 rings (SSSR count). The van der Waals surface area contributed by atoms with Crippen LogP contribution in [0, 0.1) is 0 Å². The Kier molecular flexibility index (Phi) is 3.62. The molecule has 0 saturated carbocycles.